The van der Waals surface area contributed by atoms with Crippen molar-refractivity contribution < 1.29 is 9.47 Å². The van der Waals surface area contributed by atoms with Crippen LogP contribution >= 0.6 is 11.8 Å². The normalized spacial score (nSPS) is 38.7. The number of thioether (sulfide) groups is 1. The zero-order chi connectivity index (χ0) is 14.5. The molecule has 3 heterocycles. The number of hydrogen-bond acceptors (Lipinski definition) is 4. The van der Waals surface area contributed by atoms with Crippen molar-refractivity contribution in [1.29, 1.82) is 0 Å². The average Bonchev–Trinajstić information content (AvgIpc) is 2.97. The third-order valence-corrected chi connectivity index (χ3v) is 6.66. The Balaban J connectivity index is 1.65. The standard InChI is InChI=1S/C17H31NO2S/c1-2-7-18-16(15-4-3-8-19-12-15)14-5-9-20-17(11-14)6-10-21-13-17/h14-16,18H,2-13H2,1H3. The molecule has 1 spiro atoms. The Labute approximate surface area is 133 Å². The Kier molecular flexibility index (Phi) is 5.88. The van der Waals surface area contributed by atoms with Gasteiger partial charge in [0, 0.05) is 25.0 Å². The Morgan fingerprint density at radius 1 is 1.29 bits per heavy atom. The second-order valence-electron chi connectivity index (χ2n) is 7.04. The number of hydrogen-bond donors (Lipinski definition) is 1. The van der Waals surface area contributed by atoms with Gasteiger partial charge in [0.05, 0.1) is 12.2 Å². The predicted molar refractivity (Wildman–Crippen MR) is 89.0 cm³/mol. The van der Waals surface area contributed by atoms with Gasteiger partial charge in [-0.1, -0.05) is 6.92 Å². The largest absolute Gasteiger partial charge is 0.381 e. The molecule has 3 aliphatic heterocycles. The van der Waals surface area contributed by atoms with E-state index in [0.29, 0.717) is 12.0 Å². The number of ether oxygens (including phenoxy) is 2. The molecule has 0 amide bonds. The summed E-state index contributed by atoms with van der Waals surface area (Å²) in [6.07, 6.45) is 7.53. The highest BCUT2D eigenvalue weighted by molar-refractivity contribution is 7.99. The molecule has 3 aliphatic rings. The van der Waals surface area contributed by atoms with Crippen LogP contribution in [-0.2, 0) is 9.47 Å². The summed E-state index contributed by atoms with van der Waals surface area (Å²) in [5.74, 6) is 3.98. The van der Waals surface area contributed by atoms with Crippen molar-refractivity contribution in [3.05, 3.63) is 0 Å². The van der Waals surface area contributed by atoms with Crippen molar-refractivity contribution in [2.45, 2.75) is 57.1 Å². The maximum Gasteiger partial charge on any atom is 0.0783 e. The molecule has 4 heteroatoms. The fourth-order valence-electron chi connectivity index (χ4n) is 4.31. The van der Waals surface area contributed by atoms with Gasteiger partial charge < -0.3 is 14.8 Å². The quantitative estimate of drug-likeness (QED) is 0.845. The molecule has 21 heavy (non-hydrogen) atoms. The Bertz CT molecular complexity index is 314. The van der Waals surface area contributed by atoms with Gasteiger partial charge in [0.2, 0.25) is 0 Å². The molecule has 1 N–H and O–H groups in total. The summed E-state index contributed by atoms with van der Waals surface area (Å²) in [6, 6.07) is 0.636. The monoisotopic (exact) mass is 313 g/mol. The molecule has 0 aromatic heterocycles. The lowest BCUT2D eigenvalue weighted by molar-refractivity contribution is -0.0931. The molecule has 0 bridgehead atoms. The molecular formula is C17H31NO2S. The van der Waals surface area contributed by atoms with Gasteiger partial charge >= 0.3 is 0 Å². The van der Waals surface area contributed by atoms with E-state index < -0.39 is 0 Å². The molecule has 3 saturated heterocycles. The lowest BCUT2D eigenvalue weighted by Crippen LogP contribution is -2.51. The molecule has 0 aromatic rings. The second kappa shape index (κ2) is 7.67. The minimum absolute atomic E-state index is 0.204. The summed E-state index contributed by atoms with van der Waals surface area (Å²) >= 11 is 2.08. The molecular weight excluding hydrogens is 282 g/mol. The molecule has 0 radical (unpaired) electrons. The molecule has 0 aliphatic carbocycles. The highest BCUT2D eigenvalue weighted by Crippen LogP contribution is 2.42. The third kappa shape index (κ3) is 3.95. The average molecular weight is 314 g/mol. The van der Waals surface area contributed by atoms with Crippen LogP contribution in [0.15, 0.2) is 0 Å². The van der Waals surface area contributed by atoms with Crippen molar-refractivity contribution >= 4 is 11.8 Å². The summed E-state index contributed by atoms with van der Waals surface area (Å²) in [6.45, 7) is 6.29. The minimum Gasteiger partial charge on any atom is -0.381 e. The van der Waals surface area contributed by atoms with Gasteiger partial charge in [-0.15, -0.1) is 0 Å². The van der Waals surface area contributed by atoms with E-state index in [-0.39, 0.29) is 5.60 Å². The molecule has 122 valence electrons. The van der Waals surface area contributed by atoms with Crippen LogP contribution in [0.2, 0.25) is 0 Å². The summed E-state index contributed by atoms with van der Waals surface area (Å²) in [7, 11) is 0. The van der Waals surface area contributed by atoms with Crippen molar-refractivity contribution in [3.8, 4) is 0 Å². The SMILES string of the molecule is CCCNC(C1CCCOC1)C1CCOC2(CCSC2)C1. The van der Waals surface area contributed by atoms with Crippen molar-refractivity contribution in [2.75, 3.05) is 37.9 Å². The van der Waals surface area contributed by atoms with E-state index in [9.17, 15) is 0 Å². The highest BCUT2D eigenvalue weighted by Gasteiger charge is 2.43. The van der Waals surface area contributed by atoms with Crippen LogP contribution < -0.4 is 5.32 Å². The van der Waals surface area contributed by atoms with Crippen LogP contribution in [0.4, 0.5) is 0 Å². The lowest BCUT2D eigenvalue weighted by Gasteiger charge is -2.44. The lowest BCUT2D eigenvalue weighted by atomic mass is 9.75. The van der Waals surface area contributed by atoms with E-state index in [0.717, 1.165) is 32.3 Å². The van der Waals surface area contributed by atoms with Crippen LogP contribution in [-0.4, -0.2) is 49.5 Å². The van der Waals surface area contributed by atoms with E-state index in [1.807, 2.05) is 0 Å². The van der Waals surface area contributed by atoms with Crippen LogP contribution in [0.25, 0.3) is 0 Å². The molecule has 3 fully saturated rings. The summed E-state index contributed by atoms with van der Waals surface area (Å²) in [5.41, 5.74) is 0.204. The van der Waals surface area contributed by atoms with E-state index in [1.165, 1.54) is 50.0 Å². The fraction of sp³-hybridized carbons (Fsp3) is 1.00. The zero-order valence-corrected chi connectivity index (χ0v) is 14.3. The van der Waals surface area contributed by atoms with E-state index in [2.05, 4.69) is 24.0 Å². The Morgan fingerprint density at radius 2 is 2.24 bits per heavy atom. The van der Waals surface area contributed by atoms with Gasteiger partial charge in [-0.05, 0) is 62.7 Å². The Hall–Kier alpha value is 0.230. The van der Waals surface area contributed by atoms with Gasteiger partial charge in [-0.2, -0.15) is 11.8 Å². The van der Waals surface area contributed by atoms with Gasteiger partial charge in [0.25, 0.3) is 0 Å². The number of nitrogens with one attached hydrogen (secondary N) is 1. The summed E-state index contributed by atoms with van der Waals surface area (Å²) in [5, 5.41) is 3.87. The van der Waals surface area contributed by atoms with E-state index in [1.54, 1.807) is 0 Å². The highest BCUT2D eigenvalue weighted by atomic mass is 32.2. The van der Waals surface area contributed by atoms with E-state index >= 15 is 0 Å². The predicted octanol–water partition coefficient (Wildman–Crippen LogP) is 3.08. The first-order valence-corrected chi connectivity index (χ1v) is 10.0. The summed E-state index contributed by atoms with van der Waals surface area (Å²) < 4.78 is 12.0. The molecule has 4 atom stereocenters. The Morgan fingerprint density at radius 3 is 2.95 bits per heavy atom. The van der Waals surface area contributed by atoms with E-state index in [4.69, 9.17) is 9.47 Å². The first kappa shape index (κ1) is 16.1. The third-order valence-electron chi connectivity index (χ3n) is 5.44. The van der Waals surface area contributed by atoms with Crippen LogP contribution in [0.5, 0.6) is 0 Å². The molecule has 3 nitrogen and oxygen atoms in total. The first-order valence-electron chi connectivity index (χ1n) is 8.86. The van der Waals surface area contributed by atoms with Crippen LogP contribution in [0.1, 0.15) is 45.4 Å². The minimum atomic E-state index is 0.204. The van der Waals surface area contributed by atoms with Gasteiger partial charge in [-0.25, -0.2) is 0 Å². The molecule has 4 unspecified atom stereocenters. The zero-order valence-electron chi connectivity index (χ0n) is 13.4. The van der Waals surface area contributed by atoms with Crippen LogP contribution in [0, 0.1) is 11.8 Å². The van der Waals surface area contributed by atoms with Gasteiger partial charge in [-0.3, -0.25) is 0 Å². The topological polar surface area (TPSA) is 30.5 Å². The van der Waals surface area contributed by atoms with Crippen LogP contribution in [0.3, 0.4) is 0 Å². The van der Waals surface area contributed by atoms with Gasteiger partial charge in [0.15, 0.2) is 0 Å². The van der Waals surface area contributed by atoms with Crippen molar-refractivity contribution in [2.24, 2.45) is 11.8 Å². The molecule has 3 rings (SSSR count). The number of rotatable bonds is 5. The fourth-order valence-corrected chi connectivity index (χ4v) is 5.69. The second-order valence-corrected chi connectivity index (χ2v) is 8.15. The van der Waals surface area contributed by atoms with Crippen molar-refractivity contribution in [1.82, 2.24) is 5.32 Å². The van der Waals surface area contributed by atoms with Gasteiger partial charge in [0.1, 0.15) is 0 Å². The molecule has 0 aromatic carbocycles. The maximum absolute atomic E-state index is 6.22. The first-order chi connectivity index (χ1) is 10.3. The maximum atomic E-state index is 6.22. The molecule has 0 saturated carbocycles. The smallest absolute Gasteiger partial charge is 0.0783 e. The summed E-state index contributed by atoms with van der Waals surface area (Å²) in [4.78, 5) is 0. The van der Waals surface area contributed by atoms with Crippen molar-refractivity contribution in [3.63, 3.8) is 0 Å².